The van der Waals surface area contributed by atoms with Crippen LogP contribution in [0.25, 0.3) is 0 Å². The molecule has 35 heavy (non-hydrogen) atoms. The zero-order valence-electron chi connectivity index (χ0n) is 20.0. The molecule has 0 saturated heterocycles. The lowest BCUT2D eigenvalue weighted by Gasteiger charge is -2.19. The summed E-state index contributed by atoms with van der Waals surface area (Å²) >= 11 is 1.19. The number of ether oxygens (including phenoxy) is 1. The Morgan fingerprint density at radius 3 is 2.26 bits per heavy atom. The maximum Gasteiger partial charge on any atom is 0.435 e. The number of methoxy groups -OCH3 is 1. The van der Waals surface area contributed by atoms with E-state index < -0.39 is 17.8 Å². The average Bonchev–Trinajstić information content (AvgIpc) is 3.13. The second kappa shape index (κ2) is 10.6. The molecule has 0 aliphatic carbocycles. The highest BCUT2D eigenvalue weighted by molar-refractivity contribution is 7.98. The third-order valence-corrected chi connectivity index (χ3v) is 6.37. The van der Waals surface area contributed by atoms with Crippen molar-refractivity contribution in [3.05, 3.63) is 76.5 Å². The van der Waals surface area contributed by atoms with Gasteiger partial charge in [0.1, 0.15) is 10.8 Å². The predicted octanol–water partition coefficient (Wildman–Crippen LogP) is 6.23. The van der Waals surface area contributed by atoms with Crippen molar-refractivity contribution >= 4 is 23.9 Å². The van der Waals surface area contributed by atoms with E-state index in [0.717, 1.165) is 22.0 Å². The van der Waals surface area contributed by atoms with Crippen molar-refractivity contribution in [2.24, 2.45) is 12.2 Å². The maximum absolute atomic E-state index is 13.6. The van der Waals surface area contributed by atoms with Gasteiger partial charge in [0.2, 0.25) is 0 Å². The number of alkyl halides is 3. The minimum absolute atomic E-state index is 0.00219. The number of aryl methyl sites for hydroxylation is 1. The molecule has 0 bridgehead atoms. The summed E-state index contributed by atoms with van der Waals surface area (Å²) in [5.41, 5.74) is 0.929. The molecule has 10 heteroatoms. The quantitative estimate of drug-likeness (QED) is 0.165. The number of hydrogen-bond acceptors (Lipinski definition) is 6. The molecular formula is C25H26F3N3O3S. The average molecular weight is 506 g/mol. The topological polar surface area (TPSA) is 65.7 Å². The number of aromatic nitrogens is 2. The Balaban J connectivity index is 1.79. The summed E-state index contributed by atoms with van der Waals surface area (Å²) in [7, 11) is 2.92. The fourth-order valence-corrected chi connectivity index (χ4v) is 4.21. The lowest BCUT2D eigenvalue weighted by Crippen LogP contribution is -2.10. The van der Waals surface area contributed by atoms with E-state index >= 15 is 0 Å². The summed E-state index contributed by atoms with van der Waals surface area (Å²) in [6.07, 6.45) is -3.82. The van der Waals surface area contributed by atoms with Crippen molar-refractivity contribution in [3.8, 4) is 5.75 Å². The fraction of sp³-hybridized carbons (Fsp3) is 0.320. The van der Waals surface area contributed by atoms with Crippen LogP contribution in [-0.2, 0) is 29.2 Å². The Labute approximate surface area is 206 Å². The molecule has 6 nitrogen and oxygen atoms in total. The Bertz CT molecular complexity index is 1200. The third kappa shape index (κ3) is 6.66. The van der Waals surface area contributed by atoms with Crippen molar-refractivity contribution in [3.63, 3.8) is 0 Å². The smallest absolute Gasteiger partial charge is 0.435 e. The molecule has 0 radical (unpaired) electrons. The van der Waals surface area contributed by atoms with Crippen molar-refractivity contribution < 1.29 is 27.5 Å². The van der Waals surface area contributed by atoms with Gasteiger partial charge in [0.15, 0.2) is 5.69 Å². The first kappa shape index (κ1) is 26.3. The molecule has 0 amide bonds. The van der Waals surface area contributed by atoms with Crippen LogP contribution < -0.4 is 4.74 Å². The second-order valence-electron chi connectivity index (χ2n) is 8.77. The van der Waals surface area contributed by atoms with Crippen LogP contribution in [0.15, 0.2) is 58.7 Å². The number of halogens is 3. The lowest BCUT2D eigenvalue weighted by molar-refractivity contribution is -0.141. The summed E-state index contributed by atoms with van der Waals surface area (Å²) in [6.45, 7) is 6.33. The van der Waals surface area contributed by atoms with Crippen LogP contribution in [0.5, 0.6) is 5.75 Å². The first-order chi connectivity index (χ1) is 16.4. The van der Waals surface area contributed by atoms with Gasteiger partial charge in [-0.3, -0.25) is 4.68 Å². The highest BCUT2D eigenvalue weighted by Gasteiger charge is 2.38. The number of carbonyl (C=O) groups excluding carboxylic acids is 1. The molecule has 2 aromatic carbocycles. The lowest BCUT2D eigenvalue weighted by atomic mass is 9.87. The number of oxime groups is 1. The van der Waals surface area contributed by atoms with Crippen LogP contribution in [0.4, 0.5) is 13.2 Å². The molecule has 0 fully saturated rings. The SMILES string of the molecule is COc1ccc(C(=O)O/N=C/c2c(C(F)(F)F)nn(C)c2SCc2ccc(C(C)(C)C)cc2)cc1. The van der Waals surface area contributed by atoms with Crippen molar-refractivity contribution in [1.29, 1.82) is 0 Å². The summed E-state index contributed by atoms with van der Waals surface area (Å²) in [5.74, 6) is 0.160. The van der Waals surface area contributed by atoms with Gasteiger partial charge in [0.25, 0.3) is 0 Å². The van der Waals surface area contributed by atoms with Gasteiger partial charge in [-0.05, 0) is 40.8 Å². The Hall–Kier alpha value is -3.27. The monoisotopic (exact) mass is 505 g/mol. The van der Waals surface area contributed by atoms with Crippen LogP contribution in [-0.4, -0.2) is 29.1 Å². The molecule has 0 aliphatic heterocycles. The molecule has 3 aromatic rings. The van der Waals surface area contributed by atoms with Gasteiger partial charge >= 0.3 is 12.1 Å². The van der Waals surface area contributed by atoms with Crippen molar-refractivity contribution in [2.75, 3.05) is 7.11 Å². The summed E-state index contributed by atoms with van der Waals surface area (Å²) in [4.78, 5) is 17.0. The zero-order valence-corrected chi connectivity index (χ0v) is 20.8. The van der Waals surface area contributed by atoms with E-state index in [-0.39, 0.29) is 21.6 Å². The van der Waals surface area contributed by atoms with E-state index in [2.05, 4.69) is 31.0 Å². The van der Waals surface area contributed by atoms with E-state index in [0.29, 0.717) is 11.5 Å². The van der Waals surface area contributed by atoms with Gasteiger partial charge < -0.3 is 9.57 Å². The van der Waals surface area contributed by atoms with E-state index in [9.17, 15) is 18.0 Å². The zero-order chi connectivity index (χ0) is 25.8. The van der Waals surface area contributed by atoms with Gasteiger partial charge in [-0.15, -0.1) is 11.8 Å². The molecule has 0 spiro atoms. The largest absolute Gasteiger partial charge is 0.497 e. The third-order valence-electron chi connectivity index (χ3n) is 5.14. The summed E-state index contributed by atoms with van der Waals surface area (Å²) in [5, 5.41) is 7.42. The van der Waals surface area contributed by atoms with E-state index in [1.54, 1.807) is 12.1 Å². The fourth-order valence-electron chi connectivity index (χ4n) is 3.18. The molecule has 186 valence electrons. The highest BCUT2D eigenvalue weighted by Crippen LogP contribution is 2.36. The molecule has 1 heterocycles. The Morgan fingerprint density at radius 2 is 1.71 bits per heavy atom. The van der Waals surface area contributed by atoms with Crippen LogP contribution in [0, 0.1) is 0 Å². The highest BCUT2D eigenvalue weighted by atomic mass is 32.2. The normalized spacial score (nSPS) is 12.2. The molecule has 1 aromatic heterocycles. The number of carbonyl (C=O) groups is 1. The number of hydrogen-bond donors (Lipinski definition) is 0. The van der Waals surface area contributed by atoms with E-state index in [1.165, 1.54) is 38.1 Å². The van der Waals surface area contributed by atoms with Crippen LogP contribution in [0.2, 0.25) is 0 Å². The standard InChI is InChI=1S/C25H26F3N3O3S/c1-24(2,3)18-10-6-16(7-11-18)15-35-22-20(21(25(26,27)28)30-31(22)4)14-29-34-23(32)17-8-12-19(33-5)13-9-17/h6-14H,15H2,1-5H3/b29-14+. The van der Waals surface area contributed by atoms with Crippen LogP contribution in [0.1, 0.15) is 53.5 Å². The number of nitrogens with zero attached hydrogens (tertiary/aromatic N) is 3. The van der Waals surface area contributed by atoms with Crippen LogP contribution in [0.3, 0.4) is 0 Å². The second-order valence-corrected chi connectivity index (χ2v) is 9.73. The Kier molecular flexibility index (Phi) is 7.94. The first-order valence-electron chi connectivity index (χ1n) is 10.7. The molecule has 0 unspecified atom stereocenters. The van der Waals surface area contributed by atoms with E-state index in [1.807, 2.05) is 24.3 Å². The van der Waals surface area contributed by atoms with Gasteiger partial charge in [0, 0.05) is 12.8 Å². The first-order valence-corrected chi connectivity index (χ1v) is 11.6. The van der Waals surface area contributed by atoms with E-state index in [4.69, 9.17) is 9.57 Å². The van der Waals surface area contributed by atoms with Gasteiger partial charge in [-0.2, -0.15) is 18.3 Å². The molecule has 0 atom stereocenters. The van der Waals surface area contributed by atoms with Gasteiger partial charge in [-0.1, -0.05) is 50.2 Å². The number of benzene rings is 2. The van der Waals surface area contributed by atoms with Gasteiger partial charge in [-0.25, -0.2) is 4.79 Å². The summed E-state index contributed by atoms with van der Waals surface area (Å²) in [6, 6.07) is 14.0. The molecule has 0 N–H and O–H groups in total. The minimum Gasteiger partial charge on any atom is -0.497 e. The van der Waals surface area contributed by atoms with Gasteiger partial charge in [0.05, 0.1) is 24.5 Å². The minimum atomic E-state index is -4.70. The van der Waals surface area contributed by atoms with Crippen molar-refractivity contribution in [1.82, 2.24) is 9.78 Å². The molecule has 0 saturated carbocycles. The molecular weight excluding hydrogens is 479 g/mol. The maximum atomic E-state index is 13.6. The number of rotatable bonds is 7. The summed E-state index contributed by atoms with van der Waals surface area (Å²) < 4.78 is 47.0. The molecule has 3 rings (SSSR count). The number of thioether (sulfide) groups is 1. The Morgan fingerprint density at radius 1 is 1.09 bits per heavy atom. The van der Waals surface area contributed by atoms with Crippen LogP contribution >= 0.6 is 11.8 Å². The predicted molar refractivity (Wildman–Crippen MR) is 129 cm³/mol. The van der Waals surface area contributed by atoms with Crippen molar-refractivity contribution in [2.45, 2.75) is 43.1 Å². The molecule has 0 aliphatic rings.